The summed E-state index contributed by atoms with van der Waals surface area (Å²) in [7, 11) is -1.21. The maximum Gasteiger partial charge on any atom is 0.407 e. The summed E-state index contributed by atoms with van der Waals surface area (Å²) in [6, 6.07) is 4.36. The molecule has 4 rings (SSSR count). The fourth-order valence-electron chi connectivity index (χ4n) is 4.54. The fourth-order valence-corrected chi connectivity index (χ4v) is 5.30. The fraction of sp³-hybridized carbons (Fsp3) is 0.542. The molecule has 1 saturated heterocycles. The summed E-state index contributed by atoms with van der Waals surface area (Å²) in [5.41, 5.74) is 2.34. The van der Waals surface area contributed by atoms with Crippen molar-refractivity contribution in [3.8, 4) is 11.3 Å². The summed E-state index contributed by atoms with van der Waals surface area (Å²) in [5.74, 6) is 0.176. The number of piperidine rings is 1. The average molecular weight is 521 g/mol. The summed E-state index contributed by atoms with van der Waals surface area (Å²) in [6.45, 7) is 8.02. The number of fused-ring (bicyclic) bond motifs is 1. The molecule has 196 valence electrons. The Kier molecular flexibility index (Phi) is 7.64. The minimum atomic E-state index is -2.75. The monoisotopic (exact) mass is 520 g/mol. The van der Waals surface area contributed by atoms with Crippen LogP contribution in [-0.2, 0) is 11.5 Å². The normalized spacial score (nSPS) is 18.8. The standard InChI is InChI=1S/C24H34F2N6O3Si/c1-16-11-17(14-31(13-16)24(33)34)28-21-18-5-7-30(15-35-9-10-36(2,3)4)22(18)27-12-19(21)20-6-8-32(29-20)23(25)26/h5-8,12,16-17,23H,9-11,13-15H2,1-4H3,(H,27,28)(H,33,34)/t16-,17+/m0/s1. The molecule has 1 aliphatic rings. The molecule has 3 aromatic rings. The van der Waals surface area contributed by atoms with E-state index in [1.807, 2.05) is 23.8 Å². The van der Waals surface area contributed by atoms with Crippen molar-refractivity contribution in [2.75, 3.05) is 25.0 Å². The van der Waals surface area contributed by atoms with Crippen LogP contribution in [0.3, 0.4) is 0 Å². The molecule has 1 aliphatic heterocycles. The van der Waals surface area contributed by atoms with Crippen LogP contribution in [-0.4, -0.2) is 69.2 Å². The van der Waals surface area contributed by atoms with Gasteiger partial charge in [0.15, 0.2) is 0 Å². The van der Waals surface area contributed by atoms with Crippen LogP contribution in [0, 0.1) is 5.92 Å². The zero-order chi connectivity index (χ0) is 26.0. The molecule has 9 nitrogen and oxygen atoms in total. The van der Waals surface area contributed by atoms with Gasteiger partial charge in [-0.25, -0.2) is 14.5 Å². The average Bonchev–Trinajstić information content (AvgIpc) is 3.44. The van der Waals surface area contributed by atoms with Crippen LogP contribution < -0.4 is 5.32 Å². The van der Waals surface area contributed by atoms with Gasteiger partial charge in [-0.05, 0) is 30.5 Å². The smallest absolute Gasteiger partial charge is 0.407 e. The Morgan fingerprint density at radius 1 is 1.28 bits per heavy atom. The number of amides is 1. The van der Waals surface area contributed by atoms with E-state index in [0.29, 0.717) is 53.7 Å². The van der Waals surface area contributed by atoms with Crippen LogP contribution in [0.1, 0.15) is 19.9 Å². The molecule has 0 unspecified atom stereocenters. The molecule has 0 bridgehead atoms. The number of likely N-dealkylation sites (tertiary alicyclic amines) is 1. The van der Waals surface area contributed by atoms with Gasteiger partial charge in [-0.2, -0.15) is 13.9 Å². The van der Waals surface area contributed by atoms with Crippen molar-refractivity contribution >= 4 is 30.9 Å². The van der Waals surface area contributed by atoms with Gasteiger partial charge in [0.25, 0.3) is 0 Å². The predicted octanol–water partition coefficient (Wildman–Crippen LogP) is 5.41. The van der Waals surface area contributed by atoms with E-state index in [-0.39, 0.29) is 12.0 Å². The molecule has 1 amide bonds. The van der Waals surface area contributed by atoms with Gasteiger partial charge in [-0.1, -0.05) is 26.6 Å². The van der Waals surface area contributed by atoms with Crippen LogP contribution >= 0.6 is 0 Å². The first-order valence-corrected chi connectivity index (χ1v) is 15.9. The quantitative estimate of drug-likeness (QED) is 0.289. The molecule has 36 heavy (non-hydrogen) atoms. The highest BCUT2D eigenvalue weighted by molar-refractivity contribution is 6.76. The van der Waals surface area contributed by atoms with Gasteiger partial charge in [0, 0.05) is 63.4 Å². The number of hydrogen-bond donors (Lipinski definition) is 2. The van der Waals surface area contributed by atoms with Crippen LogP contribution in [0.25, 0.3) is 22.3 Å². The van der Waals surface area contributed by atoms with E-state index in [1.165, 1.54) is 17.2 Å². The molecular weight excluding hydrogens is 486 g/mol. The molecule has 4 heterocycles. The summed E-state index contributed by atoms with van der Waals surface area (Å²) in [5, 5.41) is 17.9. The molecule has 0 aliphatic carbocycles. The van der Waals surface area contributed by atoms with Crippen LogP contribution in [0.15, 0.2) is 30.7 Å². The van der Waals surface area contributed by atoms with Gasteiger partial charge in [-0.3, -0.25) is 0 Å². The predicted molar refractivity (Wildman–Crippen MR) is 137 cm³/mol. The van der Waals surface area contributed by atoms with Gasteiger partial charge in [-0.15, -0.1) is 0 Å². The summed E-state index contributed by atoms with van der Waals surface area (Å²) in [4.78, 5) is 17.7. The highest BCUT2D eigenvalue weighted by Crippen LogP contribution is 2.35. The second kappa shape index (κ2) is 10.6. The first-order valence-electron chi connectivity index (χ1n) is 12.2. The third kappa shape index (κ3) is 6.04. The highest BCUT2D eigenvalue weighted by atomic mass is 28.3. The SMILES string of the molecule is C[C@H]1C[C@@H](Nc2c(-c3ccn(C(F)F)n3)cnc3c2ccn3COCC[Si](C)(C)C)CN(C(=O)O)C1. The zero-order valence-corrected chi connectivity index (χ0v) is 22.1. The first kappa shape index (κ1) is 26.1. The Morgan fingerprint density at radius 2 is 2.06 bits per heavy atom. The van der Waals surface area contributed by atoms with E-state index in [0.717, 1.165) is 17.9 Å². The summed E-state index contributed by atoms with van der Waals surface area (Å²) >= 11 is 0. The molecular formula is C24H34F2N6O3Si. The van der Waals surface area contributed by atoms with E-state index in [1.54, 1.807) is 6.20 Å². The molecule has 0 saturated carbocycles. The van der Waals surface area contributed by atoms with Crippen LogP contribution in [0.5, 0.6) is 0 Å². The van der Waals surface area contributed by atoms with E-state index >= 15 is 0 Å². The van der Waals surface area contributed by atoms with Gasteiger partial charge in [0.2, 0.25) is 0 Å². The number of ether oxygens (including phenoxy) is 1. The lowest BCUT2D eigenvalue weighted by Gasteiger charge is -2.36. The van der Waals surface area contributed by atoms with Crippen molar-refractivity contribution in [3.05, 3.63) is 30.7 Å². The number of alkyl halides is 2. The lowest BCUT2D eigenvalue weighted by molar-refractivity contribution is 0.0568. The number of rotatable bonds is 9. The second-order valence-corrected chi connectivity index (χ2v) is 16.4. The second-order valence-electron chi connectivity index (χ2n) is 10.7. The summed E-state index contributed by atoms with van der Waals surface area (Å²) in [6.07, 6.45) is 4.58. The van der Waals surface area contributed by atoms with Crippen molar-refractivity contribution in [2.24, 2.45) is 5.92 Å². The molecule has 12 heteroatoms. The third-order valence-corrected chi connectivity index (χ3v) is 8.08. The molecule has 0 aromatic carbocycles. The Labute approximate surface area is 210 Å². The van der Waals surface area contributed by atoms with Gasteiger partial charge >= 0.3 is 12.6 Å². The number of nitrogens with one attached hydrogen (secondary N) is 1. The Bertz CT molecular complexity index is 1210. The zero-order valence-electron chi connectivity index (χ0n) is 21.1. The maximum absolute atomic E-state index is 13.2. The number of halogens is 2. The van der Waals surface area contributed by atoms with E-state index in [2.05, 4.69) is 35.0 Å². The van der Waals surface area contributed by atoms with Crippen LogP contribution in [0.4, 0.5) is 19.3 Å². The number of nitrogens with zero attached hydrogens (tertiary/aromatic N) is 5. The molecule has 0 spiro atoms. The third-order valence-electron chi connectivity index (χ3n) is 6.38. The highest BCUT2D eigenvalue weighted by Gasteiger charge is 2.29. The lowest BCUT2D eigenvalue weighted by atomic mass is 9.95. The number of pyridine rings is 1. The number of hydrogen-bond acceptors (Lipinski definition) is 5. The van der Waals surface area contributed by atoms with Gasteiger partial charge in [0.05, 0.1) is 11.4 Å². The van der Waals surface area contributed by atoms with E-state index in [4.69, 9.17) is 4.74 Å². The number of carbonyl (C=O) groups is 1. The maximum atomic E-state index is 13.2. The minimum Gasteiger partial charge on any atom is -0.465 e. The van der Waals surface area contributed by atoms with Crippen molar-refractivity contribution in [1.29, 1.82) is 0 Å². The van der Waals surface area contributed by atoms with Crippen molar-refractivity contribution in [2.45, 2.75) is 58.4 Å². The number of aromatic nitrogens is 4. The molecule has 3 aromatic heterocycles. The Morgan fingerprint density at radius 3 is 2.72 bits per heavy atom. The molecule has 2 N–H and O–H groups in total. The first-order chi connectivity index (χ1) is 17.0. The molecule has 2 atom stereocenters. The lowest BCUT2D eigenvalue weighted by Crippen LogP contribution is -2.47. The summed E-state index contributed by atoms with van der Waals surface area (Å²) < 4.78 is 34.8. The molecule has 1 fully saturated rings. The van der Waals surface area contributed by atoms with E-state index in [9.17, 15) is 18.7 Å². The Hall–Kier alpha value is -2.99. The largest absolute Gasteiger partial charge is 0.465 e. The van der Waals surface area contributed by atoms with Gasteiger partial charge < -0.3 is 24.6 Å². The van der Waals surface area contributed by atoms with Crippen LogP contribution in [0.2, 0.25) is 25.7 Å². The van der Waals surface area contributed by atoms with Crippen molar-refractivity contribution < 1.29 is 23.4 Å². The number of anilines is 1. The van der Waals surface area contributed by atoms with E-state index < -0.39 is 20.7 Å². The number of carboxylic acid groups (broad SMARTS) is 1. The minimum absolute atomic E-state index is 0.150. The topological polar surface area (TPSA) is 97.4 Å². The van der Waals surface area contributed by atoms with Crippen molar-refractivity contribution in [3.63, 3.8) is 0 Å². The molecule has 0 radical (unpaired) electrons. The van der Waals surface area contributed by atoms with Gasteiger partial charge in [0.1, 0.15) is 12.4 Å². The Balaban J connectivity index is 1.67. The van der Waals surface area contributed by atoms with Crippen molar-refractivity contribution in [1.82, 2.24) is 24.2 Å².